The van der Waals surface area contributed by atoms with Crippen molar-refractivity contribution in [2.24, 2.45) is 5.92 Å². The third-order valence-corrected chi connectivity index (χ3v) is 7.26. The first-order valence-electron chi connectivity index (χ1n) is 11.4. The first-order valence-corrected chi connectivity index (χ1v) is 12.7. The van der Waals surface area contributed by atoms with Crippen LogP contribution in [0.5, 0.6) is 5.75 Å². The summed E-state index contributed by atoms with van der Waals surface area (Å²) in [6.07, 6.45) is 0.813. The third-order valence-electron chi connectivity index (χ3n) is 6.01. The van der Waals surface area contributed by atoms with Gasteiger partial charge in [-0.2, -0.15) is 0 Å². The molecule has 34 heavy (non-hydrogen) atoms. The van der Waals surface area contributed by atoms with E-state index in [2.05, 4.69) is 11.4 Å². The maximum Gasteiger partial charge on any atom is 0.258 e. The van der Waals surface area contributed by atoms with Gasteiger partial charge >= 0.3 is 0 Å². The van der Waals surface area contributed by atoms with Gasteiger partial charge in [0.15, 0.2) is 0 Å². The second-order valence-electron chi connectivity index (χ2n) is 8.87. The predicted molar refractivity (Wildman–Crippen MR) is 137 cm³/mol. The number of ether oxygens (including phenoxy) is 1. The van der Waals surface area contributed by atoms with E-state index < -0.39 is 0 Å². The summed E-state index contributed by atoms with van der Waals surface area (Å²) >= 11 is 7.86. The number of amides is 2. The van der Waals surface area contributed by atoms with E-state index in [0.29, 0.717) is 29.4 Å². The first-order chi connectivity index (χ1) is 16.4. The zero-order chi connectivity index (χ0) is 24.2. The van der Waals surface area contributed by atoms with Crippen LogP contribution in [0, 0.1) is 5.92 Å². The molecule has 0 saturated carbocycles. The number of rotatable bonds is 7. The summed E-state index contributed by atoms with van der Waals surface area (Å²) in [5, 5.41) is 2.74. The number of hydrogen-bond acceptors (Lipinski definition) is 4. The highest BCUT2D eigenvalue weighted by molar-refractivity contribution is 7.10. The standard InChI is InChI=1S/C27H29ClN2O3S/c1-18(2)16-29(27(32)21-6-4-5-7-23(21)33-3)17-25(31)30-14-12-24-22(13-15-34-24)26(30)19-8-10-20(28)11-9-19/h4-11,13,15,18,26H,12,14,16-17H2,1-3H3/t26-/m1/s1. The minimum Gasteiger partial charge on any atom is -0.496 e. The maximum absolute atomic E-state index is 13.7. The average Bonchev–Trinajstić information content (AvgIpc) is 3.32. The molecule has 178 valence electrons. The predicted octanol–water partition coefficient (Wildman–Crippen LogP) is 5.68. The Hall–Kier alpha value is -2.83. The molecule has 7 heteroatoms. The van der Waals surface area contributed by atoms with Crippen LogP contribution in [-0.4, -0.2) is 48.4 Å². The molecular weight excluding hydrogens is 468 g/mol. The fourth-order valence-corrected chi connectivity index (χ4v) is 5.53. The van der Waals surface area contributed by atoms with Gasteiger partial charge in [-0.05, 0) is 59.2 Å². The summed E-state index contributed by atoms with van der Waals surface area (Å²) in [4.78, 5) is 32.1. The number of methoxy groups -OCH3 is 1. The van der Waals surface area contributed by atoms with Crippen LogP contribution >= 0.6 is 22.9 Å². The van der Waals surface area contributed by atoms with Gasteiger partial charge < -0.3 is 14.5 Å². The van der Waals surface area contributed by atoms with Crippen molar-refractivity contribution in [3.8, 4) is 5.75 Å². The molecule has 0 saturated heterocycles. The van der Waals surface area contributed by atoms with Gasteiger partial charge in [-0.15, -0.1) is 11.3 Å². The zero-order valence-electron chi connectivity index (χ0n) is 19.7. The van der Waals surface area contributed by atoms with Gasteiger partial charge in [0.25, 0.3) is 5.91 Å². The molecule has 2 heterocycles. The van der Waals surface area contributed by atoms with Crippen LogP contribution in [0.15, 0.2) is 60.0 Å². The Morgan fingerprint density at radius 3 is 2.59 bits per heavy atom. The lowest BCUT2D eigenvalue weighted by molar-refractivity contribution is -0.134. The fraction of sp³-hybridized carbons (Fsp3) is 0.333. The van der Waals surface area contributed by atoms with Crippen LogP contribution in [0.1, 0.15) is 46.3 Å². The normalized spacial score (nSPS) is 15.2. The Balaban J connectivity index is 1.63. The Morgan fingerprint density at radius 1 is 1.15 bits per heavy atom. The molecule has 0 bridgehead atoms. The van der Waals surface area contributed by atoms with Gasteiger partial charge in [0.1, 0.15) is 12.3 Å². The van der Waals surface area contributed by atoms with Crippen LogP contribution in [0.3, 0.4) is 0 Å². The Morgan fingerprint density at radius 2 is 1.88 bits per heavy atom. The van der Waals surface area contributed by atoms with Crippen LogP contribution in [0.2, 0.25) is 5.02 Å². The van der Waals surface area contributed by atoms with Crippen LogP contribution in [-0.2, 0) is 11.2 Å². The van der Waals surface area contributed by atoms with Crippen molar-refractivity contribution in [3.05, 3.63) is 86.6 Å². The van der Waals surface area contributed by atoms with Gasteiger partial charge in [-0.3, -0.25) is 9.59 Å². The van der Waals surface area contributed by atoms with Crippen molar-refractivity contribution in [1.82, 2.24) is 9.80 Å². The van der Waals surface area contributed by atoms with E-state index >= 15 is 0 Å². The van der Waals surface area contributed by atoms with Crippen molar-refractivity contribution >= 4 is 34.8 Å². The van der Waals surface area contributed by atoms with Gasteiger partial charge in [-0.25, -0.2) is 0 Å². The molecule has 3 aromatic rings. The molecule has 0 unspecified atom stereocenters. The van der Waals surface area contributed by atoms with Crippen LogP contribution in [0.25, 0.3) is 0 Å². The zero-order valence-corrected chi connectivity index (χ0v) is 21.2. The summed E-state index contributed by atoms with van der Waals surface area (Å²) in [5.41, 5.74) is 2.63. The Kier molecular flexibility index (Phi) is 7.59. The van der Waals surface area contributed by atoms with Crippen molar-refractivity contribution in [2.75, 3.05) is 26.7 Å². The van der Waals surface area contributed by atoms with Crippen LogP contribution < -0.4 is 4.74 Å². The van der Waals surface area contributed by atoms with Gasteiger partial charge in [0, 0.05) is 23.0 Å². The van der Waals surface area contributed by atoms with Gasteiger partial charge in [0.05, 0.1) is 18.7 Å². The third kappa shape index (κ3) is 5.13. The maximum atomic E-state index is 13.7. The largest absolute Gasteiger partial charge is 0.496 e. The van der Waals surface area contributed by atoms with E-state index in [1.807, 2.05) is 55.1 Å². The number of nitrogens with zero attached hydrogens (tertiary/aromatic N) is 2. The lowest BCUT2D eigenvalue weighted by atomic mass is 9.93. The van der Waals surface area contributed by atoms with Gasteiger partial charge in [-0.1, -0.05) is 49.7 Å². The second-order valence-corrected chi connectivity index (χ2v) is 10.3. The minimum absolute atomic E-state index is 0.0125. The monoisotopic (exact) mass is 496 g/mol. The summed E-state index contributed by atoms with van der Waals surface area (Å²) in [5.74, 6) is 0.452. The number of fused-ring (bicyclic) bond motifs is 1. The molecule has 0 N–H and O–H groups in total. The summed E-state index contributed by atoms with van der Waals surface area (Å²) in [6.45, 7) is 5.19. The molecule has 2 amide bonds. The van der Waals surface area contributed by atoms with E-state index in [0.717, 1.165) is 17.5 Å². The smallest absolute Gasteiger partial charge is 0.258 e. The van der Waals surface area contributed by atoms with Crippen molar-refractivity contribution in [1.29, 1.82) is 0 Å². The fourth-order valence-electron chi connectivity index (χ4n) is 4.50. The molecule has 0 aliphatic carbocycles. The van der Waals surface area contributed by atoms with Crippen molar-refractivity contribution < 1.29 is 14.3 Å². The number of halogens is 1. The summed E-state index contributed by atoms with van der Waals surface area (Å²) < 4.78 is 5.41. The van der Waals surface area contributed by atoms with E-state index in [1.165, 1.54) is 4.88 Å². The lowest BCUT2D eigenvalue weighted by Crippen LogP contribution is -2.47. The number of carbonyl (C=O) groups is 2. The number of benzene rings is 2. The highest BCUT2D eigenvalue weighted by Gasteiger charge is 2.34. The molecule has 1 aliphatic heterocycles. The lowest BCUT2D eigenvalue weighted by Gasteiger charge is -2.38. The molecule has 1 atom stereocenters. The van der Waals surface area contributed by atoms with E-state index in [4.69, 9.17) is 16.3 Å². The molecule has 0 spiro atoms. The SMILES string of the molecule is COc1ccccc1C(=O)N(CC(=O)N1CCc2sccc2[C@H]1c1ccc(Cl)cc1)CC(C)C. The van der Waals surface area contributed by atoms with Gasteiger partial charge in [0.2, 0.25) is 5.91 Å². The molecule has 1 aromatic heterocycles. The number of carbonyl (C=O) groups excluding carboxylic acids is 2. The second kappa shape index (κ2) is 10.6. The highest BCUT2D eigenvalue weighted by Crippen LogP contribution is 2.38. The van der Waals surface area contributed by atoms with E-state index in [9.17, 15) is 9.59 Å². The average molecular weight is 497 g/mol. The van der Waals surface area contributed by atoms with E-state index in [1.54, 1.807) is 35.5 Å². The summed E-state index contributed by atoms with van der Waals surface area (Å²) in [6, 6.07) is 16.7. The Labute approximate surface area is 209 Å². The molecule has 4 rings (SSSR count). The molecule has 1 aliphatic rings. The number of hydrogen-bond donors (Lipinski definition) is 0. The molecular formula is C27H29ClN2O3S. The first kappa shape index (κ1) is 24.3. The van der Waals surface area contributed by atoms with E-state index in [-0.39, 0.29) is 30.3 Å². The van der Waals surface area contributed by atoms with Crippen molar-refractivity contribution in [3.63, 3.8) is 0 Å². The number of thiophene rings is 1. The topological polar surface area (TPSA) is 49.9 Å². The van der Waals surface area contributed by atoms with Crippen LogP contribution in [0.4, 0.5) is 0 Å². The van der Waals surface area contributed by atoms with Crippen molar-refractivity contribution in [2.45, 2.75) is 26.3 Å². The molecule has 0 radical (unpaired) electrons. The highest BCUT2D eigenvalue weighted by atomic mass is 35.5. The number of para-hydroxylation sites is 1. The molecule has 2 aromatic carbocycles. The minimum atomic E-state index is -0.198. The quantitative estimate of drug-likeness (QED) is 0.422. The Bertz CT molecular complexity index is 1160. The molecule has 0 fully saturated rings. The molecule has 5 nitrogen and oxygen atoms in total. The summed E-state index contributed by atoms with van der Waals surface area (Å²) in [7, 11) is 1.55.